The molecule has 0 unspecified atom stereocenters. The summed E-state index contributed by atoms with van der Waals surface area (Å²) >= 11 is 1.71. The number of ether oxygens (including phenoxy) is 1. The molecular weight excluding hydrogens is 324 g/mol. The van der Waals surface area contributed by atoms with Crippen molar-refractivity contribution in [2.45, 2.75) is 37.1 Å². The molecule has 1 aliphatic carbocycles. The van der Waals surface area contributed by atoms with E-state index in [1.165, 1.54) is 4.88 Å². The van der Waals surface area contributed by atoms with Crippen LogP contribution in [0.15, 0.2) is 17.5 Å². The Morgan fingerprint density at radius 3 is 2.96 bits per heavy atom. The third-order valence-corrected chi connectivity index (χ3v) is 6.43. The van der Waals surface area contributed by atoms with Gasteiger partial charge in [0.25, 0.3) is 0 Å². The summed E-state index contributed by atoms with van der Waals surface area (Å²) in [7, 11) is 1.98. The Morgan fingerprint density at radius 1 is 1.50 bits per heavy atom. The Kier molecular flexibility index (Phi) is 5.92. The maximum Gasteiger partial charge on any atom is 0.234 e. The van der Waals surface area contributed by atoms with E-state index >= 15 is 0 Å². The molecule has 2 heterocycles. The van der Waals surface area contributed by atoms with Gasteiger partial charge in [-0.1, -0.05) is 18.9 Å². The van der Waals surface area contributed by atoms with Crippen LogP contribution in [0.25, 0.3) is 0 Å². The summed E-state index contributed by atoms with van der Waals surface area (Å²) in [6.07, 6.45) is 4.18. The molecule has 6 heteroatoms. The van der Waals surface area contributed by atoms with Crippen molar-refractivity contribution in [2.24, 2.45) is 0 Å². The zero-order valence-electron chi connectivity index (χ0n) is 14.4. The molecule has 0 radical (unpaired) electrons. The van der Waals surface area contributed by atoms with Gasteiger partial charge in [-0.2, -0.15) is 0 Å². The van der Waals surface area contributed by atoms with Gasteiger partial charge in [-0.25, -0.2) is 0 Å². The van der Waals surface area contributed by atoms with E-state index in [0.717, 1.165) is 32.2 Å². The molecule has 134 valence electrons. The number of carbonyl (C=O) groups excluding carboxylic acids is 1. The topological polar surface area (TPSA) is 53.0 Å². The number of aliphatic hydroxyl groups excluding tert-OH is 1. The van der Waals surface area contributed by atoms with Crippen LogP contribution in [-0.4, -0.2) is 73.4 Å². The number of carbonyl (C=O) groups is 1. The molecule has 1 saturated carbocycles. The van der Waals surface area contributed by atoms with Crippen LogP contribution in [0.2, 0.25) is 0 Å². The molecule has 1 aliphatic heterocycles. The molecule has 1 amide bonds. The highest BCUT2D eigenvalue weighted by Gasteiger charge is 2.47. The third-order valence-electron chi connectivity index (χ3n) is 5.35. The Balaban J connectivity index is 1.80. The highest BCUT2D eigenvalue weighted by Crippen LogP contribution is 2.45. The summed E-state index contributed by atoms with van der Waals surface area (Å²) in [5.41, 5.74) is -0.320. The first-order valence-corrected chi connectivity index (χ1v) is 9.77. The van der Waals surface area contributed by atoms with E-state index in [4.69, 9.17) is 9.84 Å². The van der Waals surface area contributed by atoms with Gasteiger partial charge in [-0.15, -0.1) is 11.3 Å². The molecule has 1 N–H and O–H groups in total. The normalized spacial score (nSPS) is 23.8. The van der Waals surface area contributed by atoms with Gasteiger partial charge in [0, 0.05) is 24.5 Å². The average Bonchev–Trinajstić information content (AvgIpc) is 3.27. The van der Waals surface area contributed by atoms with Gasteiger partial charge in [-0.3, -0.25) is 4.79 Å². The van der Waals surface area contributed by atoms with Crippen molar-refractivity contribution in [3.8, 4) is 0 Å². The average molecular weight is 353 g/mol. The molecule has 0 bridgehead atoms. The smallest absolute Gasteiger partial charge is 0.234 e. The molecule has 1 saturated heterocycles. The highest BCUT2D eigenvalue weighted by atomic mass is 32.1. The lowest BCUT2D eigenvalue weighted by molar-refractivity contribution is -0.146. The lowest BCUT2D eigenvalue weighted by Crippen LogP contribution is -2.57. The van der Waals surface area contributed by atoms with Crippen molar-refractivity contribution < 1.29 is 14.6 Å². The zero-order valence-corrected chi connectivity index (χ0v) is 15.3. The second-order valence-corrected chi connectivity index (χ2v) is 7.93. The Hall–Kier alpha value is -0.950. The molecule has 1 atom stereocenters. The lowest BCUT2D eigenvalue weighted by atomic mass is 9.82. The molecule has 2 fully saturated rings. The predicted octanol–water partition coefficient (Wildman–Crippen LogP) is 1.71. The van der Waals surface area contributed by atoms with Crippen LogP contribution >= 0.6 is 11.3 Å². The Bertz CT molecular complexity index is 528. The Morgan fingerprint density at radius 2 is 2.29 bits per heavy atom. The van der Waals surface area contributed by atoms with Gasteiger partial charge in [0.1, 0.15) is 0 Å². The van der Waals surface area contributed by atoms with E-state index in [-0.39, 0.29) is 24.0 Å². The first kappa shape index (κ1) is 17.9. The van der Waals surface area contributed by atoms with Gasteiger partial charge in [0.05, 0.1) is 31.3 Å². The minimum absolute atomic E-state index is 0.0697. The number of rotatable bonds is 6. The quantitative estimate of drug-likeness (QED) is 0.847. The summed E-state index contributed by atoms with van der Waals surface area (Å²) in [5.74, 6) is 0.285. The fourth-order valence-electron chi connectivity index (χ4n) is 4.07. The molecule has 0 aromatic carbocycles. The van der Waals surface area contributed by atoms with Gasteiger partial charge in [-0.05, 0) is 31.3 Å². The molecule has 5 nitrogen and oxygen atoms in total. The summed E-state index contributed by atoms with van der Waals surface area (Å²) in [4.78, 5) is 18.9. The van der Waals surface area contributed by atoms with Gasteiger partial charge >= 0.3 is 0 Å². The fourth-order valence-corrected chi connectivity index (χ4v) is 5.04. The van der Waals surface area contributed by atoms with Crippen LogP contribution in [-0.2, 0) is 14.9 Å². The van der Waals surface area contributed by atoms with Crippen molar-refractivity contribution in [1.82, 2.24) is 9.80 Å². The highest BCUT2D eigenvalue weighted by molar-refractivity contribution is 7.10. The minimum atomic E-state index is -0.320. The van der Waals surface area contributed by atoms with E-state index in [1.54, 1.807) is 11.3 Å². The van der Waals surface area contributed by atoms with Crippen molar-refractivity contribution in [3.63, 3.8) is 0 Å². The van der Waals surface area contributed by atoms with Crippen molar-refractivity contribution in [1.29, 1.82) is 0 Å². The summed E-state index contributed by atoms with van der Waals surface area (Å²) in [5, 5.41) is 11.2. The number of nitrogens with zero attached hydrogens (tertiary/aromatic N) is 2. The SMILES string of the molecule is CN(CCO)C[C@@H]1COCCN1C(=O)C1(c2cccs2)CCCC1. The van der Waals surface area contributed by atoms with Crippen molar-refractivity contribution in [2.75, 3.05) is 46.5 Å². The fraction of sp³-hybridized carbons (Fsp3) is 0.722. The maximum absolute atomic E-state index is 13.6. The standard InChI is InChI=1S/C18H28N2O3S/c1-19(8-10-21)13-15-14-23-11-9-20(15)17(22)18(6-2-3-7-18)16-5-4-12-24-16/h4-5,12,15,21H,2-3,6-11,13-14H2,1H3/t15-/m1/s1. The number of aliphatic hydroxyl groups is 1. The summed E-state index contributed by atoms with van der Waals surface area (Å²) < 4.78 is 5.65. The third kappa shape index (κ3) is 3.52. The number of hydrogen-bond acceptors (Lipinski definition) is 5. The number of morpholine rings is 1. The molecule has 1 aromatic heterocycles. The van der Waals surface area contributed by atoms with Crippen LogP contribution in [0.5, 0.6) is 0 Å². The van der Waals surface area contributed by atoms with Crippen LogP contribution in [0.3, 0.4) is 0 Å². The molecule has 2 aliphatic rings. The number of amides is 1. The maximum atomic E-state index is 13.6. The number of thiophene rings is 1. The largest absolute Gasteiger partial charge is 0.395 e. The van der Waals surface area contributed by atoms with E-state index in [1.807, 2.05) is 7.05 Å². The van der Waals surface area contributed by atoms with E-state index in [2.05, 4.69) is 27.3 Å². The van der Waals surface area contributed by atoms with Crippen LogP contribution in [0.1, 0.15) is 30.6 Å². The number of likely N-dealkylation sites (N-methyl/N-ethyl adjacent to an activating group) is 1. The van der Waals surface area contributed by atoms with E-state index in [9.17, 15) is 4.79 Å². The van der Waals surface area contributed by atoms with E-state index < -0.39 is 0 Å². The number of hydrogen-bond donors (Lipinski definition) is 1. The van der Waals surface area contributed by atoms with Gasteiger partial charge < -0.3 is 19.6 Å². The molecule has 3 rings (SSSR count). The molecule has 24 heavy (non-hydrogen) atoms. The molecular formula is C18H28N2O3S. The summed E-state index contributed by atoms with van der Waals surface area (Å²) in [6.45, 7) is 3.37. The van der Waals surface area contributed by atoms with Crippen LogP contribution in [0.4, 0.5) is 0 Å². The lowest BCUT2D eigenvalue weighted by Gasteiger charge is -2.42. The Labute approximate surface area is 148 Å². The first-order valence-electron chi connectivity index (χ1n) is 8.89. The summed E-state index contributed by atoms with van der Waals surface area (Å²) in [6, 6.07) is 4.25. The molecule has 0 spiro atoms. The second-order valence-electron chi connectivity index (χ2n) is 6.98. The monoisotopic (exact) mass is 352 g/mol. The van der Waals surface area contributed by atoms with Crippen LogP contribution in [0, 0.1) is 0 Å². The van der Waals surface area contributed by atoms with Gasteiger partial charge in [0.2, 0.25) is 5.91 Å². The van der Waals surface area contributed by atoms with Gasteiger partial charge in [0.15, 0.2) is 0 Å². The minimum Gasteiger partial charge on any atom is -0.395 e. The first-order chi connectivity index (χ1) is 11.7. The zero-order chi connectivity index (χ0) is 17.0. The van der Waals surface area contributed by atoms with Crippen molar-refractivity contribution in [3.05, 3.63) is 22.4 Å². The van der Waals surface area contributed by atoms with Crippen molar-refractivity contribution >= 4 is 17.2 Å². The van der Waals surface area contributed by atoms with E-state index in [0.29, 0.717) is 26.3 Å². The second kappa shape index (κ2) is 7.95. The molecule has 1 aromatic rings. The predicted molar refractivity (Wildman–Crippen MR) is 95.4 cm³/mol. The van der Waals surface area contributed by atoms with Crippen LogP contribution < -0.4 is 0 Å².